The normalized spacial score (nSPS) is 28.2. The van der Waals surface area contributed by atoms with Crippen molar-refractivity contribution in [3.63, 3.8) is 0 Å². The van der Waals surface area contributed by atoms with Gasteiger partial charge in [0.2, 0.25) is 0 Å². The minimum atomic E-state index is -1.43. The third-order valence-corrected chi connectivity index (χ3v) is 8.05. The van der Waals surface area contributed by atoms with Crippen molar-refractivity contribution in [2.24, 2.45) is 5.41 Å². The van der Waals surface area contributed by atoms with Gasteiger partial charge < -0.3 is 0 Å². The number of Topliss-reactive ketones (excluding diaryl/α,β-unsaturated/α-hetero) is 3. The van der Waals surface area contributed by atoms with Crippen molar-refractivity contribution in [3.05, 3.63) is 70.8 Å². The van der Waals surface area contributed by atoms with E-state index in [0.29, 0.717) is 30.5 Å². The molecule has 1 saturated carbocycles. The Bertz CT molecular complexity index is 1040. The third-order valence-electron chi connectivity index (χ3n) is 8.05. The van der Waals surface area contributed by atoms with Gasteiger partial charge >= 0.3 is 0 Å². The molecule has 0 aromatic heterocycles. The van der Waals surface area contributed by atoms with E-state index in [-0.39, 0.29) is 23.3 Å². The van der Waals surface area contributed by atoms with E-state index in [2.05, 4.69) is 24.3 Å². The molecular weight excluding hydrogens is 386 g/mol. The first-order valence-corrected chi connectivity index (χ1v) is 11.4. The smallest absolute Gasteiger partial charge is 0.192 e. The molecule has 3 aliphatic rings. The van der Waals surface area contributed by atoms with Gasteiger partial charge in [-0.3, -0.25) is 19.3 Å². The Kier molecular flexibility index (Phi) is 4.74. The van der Waals surface area contributed by atoms with Crippen LogP contribution in [0.15, 0.2) is 48.5 Å². The van der Waals surface area contributed by atoms with Crippen LogP contribution >= 0.6 is 0 Å². The van der Waals surface area contributed by atoms with Crippen LogP contribution in [0.2, 0.25) is 0 Å². The highest BCUT2D eigenvalue weighted by atomic mass is 16.2. The highest BCUT2D eigenvalue weighted by Crippen LogP contribution is 2.61. The Hall–Kier alpha value is -2.59. The number of fused-ring (bicyclic) bond motifs is 2. The van der Waals surface area contributed by atoms with Crippen molar-refractivity contribution in [1.82, 2.24) is 4.90 Å². The lowest BCUT2D eigenvalue weighted by atomic mass is 9.55. The zero-order valence-electron chi connectivity index (χ0n) is 18.3. The Labute approximate surface area is 183 Å². The van der Waals surface area contributed by atoms with Gasteiger partial charge in [0.1, 0.15) is 5.78 Å². The van der Waals surface area contributed by atoms with E-state index in [1.807, 2.05) is 31.0 Å². The zero-order valence-corrected chi connectivity index (χ0v) is 18.3. The maximum absolute atomic E-state index is 14.1. The Morgan fingerprint density at radius 1 is 0.839 bits per heavy atom. The lowest BCUT2D eigenvalue weighted by molar-refractivity contribution is -0.133. The molecule has 0 radical (unpaired) electrons. The highest BCUT2D eigenvalue weighted by Gasteiger charge is 2.75. The number of benzene rings is 2. The molecule has 31 heavy (non-hydrogen) atoms. The van der Waals surface area contributed by atoms with Gasteiger partial charge in [-0.15, -0.1) is 0 Å². The monoisotopic (exact) mass is 415 g/mol. The van der Waals surface area contributed by atoms with Crippen molar-refractivity contribution in [2.45, 2.75) is 56.9 Å². The number of carbonyl (C=O) groups is 3. The largest absolute Gasteiger partial charge is 0.299 e. The number of rotatable bonds is 1. The summed E-state index contributed by atoms with van der Waals surface area (Å²) in [6.07, 6.45) is 4.78. The van der Waals surface area contributed by atoms with Gasteiger partial charge in [-0.05, 0) is 32.4 Å². The molecular formula is C27H29NO3. The molecule has 0 unspecified atom stereocenters. The summed E-state index contributed by atoms with van der Waals surface area (Å²) in [5, 5.41) is 0. The van der Waals surface area contributed by atoms with Crippen LogP contribution in [-0.2, 0) is 4.79 Å². The molecule has 5 rings (SSSR count). The number of likely N-dealkylation sites (tertiary alicyclic amines) is 1. The maximum Gasteiger partial charge on any atom is 0.192 e. The third kappa shape index (κ3) is 2.54. The van der Waals surface area contributed by atoms with Crippen LogP contribution in [0, 0.1) is 12.3 Å². The Morgan fingerprint density at radius 2 is 1.45 bits per heavy atom. The maximum atomic E-state index is 14.1. The lowest BCUT2D eigenvalue weighted by Crippen LogP contribution is -2.64. The molecule has 2 fully saturated rings. The van der Waals surface area contributed by atoms with Crippen LogP contribution in [0.4, 0.5) is 0 Å². The van der Waals surface area contributed by atoms with E-state index in [0.717, 1.165) is 36.8 Å². The minimum Gasteiger partial charge on any atom is -0.299 e. The molecule has 1 aliphatic heterocycles. The number of carbonyl (C=O) groups excluding carboxylic acids is 3. The lowest BCUT2D eigenvalue weighted by Gasteiger charge is -2.46. The Morgan fingerprint density at radius 3 is 2.10 bits per heavy atom. The number of likely N-dealkylation sites (N-methyl/N-ethyl adjacent to an activating group) is 1. The summed E-state index contributed by atoms with van der Waals surface area (Å²) < 4.78 is 0. The molecule has 2 aromatic rings. The fraction of sp³-hybridized carbons (Fsp3) is 0.444. The molecule has 160 valence electrons. The van der Waals surface area contributed by atoms with E-state index in [1.54, 1.807) is 12.1 Å². The van der Waals surface area contributed by atoms with Crippen LogP contribution < -0.4 is 0 Å². The second-order valence-corrected chi connectivity index (χ2v) is 9.57. The summed E-state index contributed by atoms with van der Waals surface area (Å²) in [4.78, 5) is 44.1. The molecule has 0 bridgehead atoms. The van der Waals surface area contributed by atoms with Gasteiger partial charge in [0.05, 0.1) is 5.41 Å². The second kappa shape index (κ2) is 7.23. The van der Waals surface area contributed by atoms with E-state index in [9.17, 15) is 14.4 Å². The van der Waals surface area contributed by atoms with Gasteiger partial charge in [-0.25, -0.2) is 0 Å². The summed E-state index contributed by atoms with van der Waals surface area (Å²) in [6.45, 7) is 2.57. The van der Waals surface area contributed by atoms with Crippen molar-refractivity contribution >= 4 is 17.3 Å². The first kappa shape index (κ1) is 20.3. The number of aryl methyl sites for hydroxylation is 1. The fourth-order valence-electron chi connectivity index (χ4n) is 6.63. The van der Waals surface area contributed by atoms with Crippen LogP contribution in [0.1, 0.15) is 76.3 Å². The zero-order chi connectivity index (χ0) is 21.8. The summed E-state index contributed by atoms with van der Waals surface area (Å²) >= 11 is 0. The highest BCUT2D eigenvalue weighted by molar-refractivity contribution is 6.35. The molecule has 0 N–H and O–H groups in total. The standard InChI is InChI=1S/C27H29NO3/c1-18-12-14-19(15-13-18)22-17-28(2)27(26(22)16-8-4-3-5-11-23(26)29)24(30)20-9-6-7-10-21(20)25(27)31/h6-7,9-10,12-15,22H,3-5,8,11,16-17H2,1-2H3/t22-,26+/m1/s1. The molecule has 0 amide bonds. The summed E-state index contributed by atoms with van der Waals surface area (Å²) in [5.41, 5.74) is 0.699. The number of nitrogens with zero attached hydrogens (tertiary/aromatic N) is 1. The molecule has 4 nitrogen and oxygen atoms in total. The predicted molar refractivity (Wildman–Crippen MR) is 120 cm³/mol. The summed E-state index contributed by atoms with van der Waals surface area (Å²) in [7, 11) is 1.86. The summed E-state index contributed by atoms with van der Waals surface area (Å²) in [6, 6.07) is 15.4. The average Bonchev–Trinajstić information content (AvgIpc) is 3.16. The summed E-state index contributed by atoms with van der Waals surface area (Å²) in [5.74, 6) is -0.444. The molecule has 1 saturated heterocycles. The minimum absolute atomic E-state index is 0.0941. The number of hydrogen-bond acceptors (Lipinski definition) is 4. The van der Waals surface area contributed by atoms with Gasteiger partial charge in [-0.2, -0.15) is 0 Å². The van der Waals surface area contributed by atoms with E-state index >= 15 is 0 Å². The quantitative estimate of drug-likeness (QED) is 0.631. The van der Waals surface area contributed by atoms with Crippen LogP contribution in [0.3, 0.4) is 0 Å². The Balaban J connectivity index is 1.78. The van der Waals surface area contributed by atoms with Crippen molar-refractivity contribution in [1.29, 1.82) is 0 Å². The van der Waals surface area contributed by atoms with Crippen LogP contribution in [0.25, 0.3) is 0 Å². The van der Waals surface area contributed by atoms with Gasteiger partial charge in [-0.1, -0.05) is 73.4 Å². The van der Waals surface area contributed by atoms with E-state index in [1.165, 1.54) is 0 Å². The predicted octanol–water partition coefficient (Wildman–Crippen LogP) is 4.75. The molecule has 4 heteroatoms. The topological polar surface area (TPSA) is 54.5 Å². The molecule has 1 heterocycles. The van der Waals surface area contributed by atoms with E-state index in [4.69, 9.17) is 0 Å². The average molecular weight is 416 g/mol. The molecule has 2 atom stereocenters. The number of hydrogen-bond donors (Lipinski definition) is 0. The molecule has 2 spiro atoms. The molecule has 2 aromatic carbocycles. The molecule has 2 aliphatic carbocycles. The van der Waals surface area contributed by atoms with E-state index < -0.39 is 11.0 Å². The second-order valence-electron chi connectivity index (χ2n) is 9.57. The first-order valence-electron chi connectivity index (χ1n) is 11.4. The van der Waals surface area contributed by atoms with Gasteiger partial charge in [0.15, 0.2) is 17.1 Å². The van der Waals surface area contributed by atoms with Crippen molar-refractivity contribution < 1.29 is 14.4 Å². The SMILES string of the molecule is Cc1ccc([C@H]2CN(C)C3(C(=O)c4ccccc4C3=O)[C@@]23CCCCCCC3=O)cc1. The first-order chi connectivity index (χ1) is 14.9. The van der Waals surface area contributed by atoms with Crippen molar-refractivity contribution in [2.75, 3.05) is 13.6 Å². The van der Waals surface area contributed by atoms with Crippen LogP contribution in [0.5, 0.6) is 0 Å². The van der Waals surface area contributed by atoms with Gasteiger partial charge in [0.25, 0.3) is 0 Å². The van der Waals surface area contributed by atoms with Crippen LogP contribution in [-0.4, -0.2) is 41.4 Å². The van der Waals surface area contributed by atoms with Gasteiger partial charge in [0, 0.05) is 30.0 Å². The number of ketones is 3. The fourth-order valence-corrected chi connectivity index (χ4v) is 6.63. The van der Waals surface area contributed by atoms with Crippen molar-refractivity contribution in [3.8, 4) is 0 Å².